The summed E-state index contributed by atoms with van der Waals surface area (Å²) in [7, 11) is 5.27. The minimum Gasteiger partial charge on any atom is -0.495 e. The molecule has 11 heteroatoms. The maximum atomic E-state index is 9.75. The summed E-state index contributed by atoms with van der Waals surface area (Å²) in [6, 6.07) is 9.12. The number of piperazine rings is 1. The summed E-state index contributed by atoms with van der Waals surface area (Å²) in [4.78, 5) is 9.28. The Morgan fingerprint density at radius 2 is 1.73 bits per heavy atom. The second kappa shape index (κ2) is 15.9. The van der Waals surface area contributed by atoms with Crippen molar-refractivity contribution < 1.29 is 19.3 Å². The average molecular weight is 605 g/mol. The van der Waals surface area contributed by atoms with Gasteiger partial charge in [-0.2, -0.15) is 5.26 Å². The second-order valence-corrected chi connectivity index (χ2v) is 10.7. The van der Waals surface area contributed by atoms with Crippen molar-refractivity contribution in [3.63, 3.8) is 0 Å². The number of ether oxygens (including phenoxy) is 3. The number of aliphatic hydroxyl groups is 1. The summed E-state index contributed by atoms with van der Waals surface area (Å²) in [6.45, 7) is 9.65. The molecule has 0 amide bonds. The predicted octanol–water partition coefficient (Wildman–Crippen LogP) is 5.97. The number of nitriles is 1. The number of aliphatic hydroxyl groups excluding tert-OH is 1. The SMILES string of the molecule is CC[C@H](C)O.COc1cc(Nc2c(C#N)cnc3cc(OCCCN4CCN(C)CC4)c(OC)cc23)c(Cl)cc1Cl. The van der Waals surface area contributed by atoms with E-state index in [0.29, 0.717) is 61.7 Å². The van der Waals surface area contributed by atoms with Crippen molar-refractivity contribution in [1.29, 1.82) is 5.26 Å². The maximum Gasteiger partial charge on any atom is 0.163 e. The van der Waals surface area contributed by atoms with E-state index in [1.165, 1.54) is 13.3 Å². The molecular weight excluding hydrogens is 565 g/mol. The summed E-state index contributed by atoms with van der Waals surface area (Å²) in [5.74, 6) is 1.63. The molecule has 222 valence electrons. The minimum absolute atomic E-state index is 0.116. The van der Waals surface area contributed by atoms with Gasteiger partial charge in [-0.25, -0.2) is 0 Å². The van der Waals surface area contributed by atoms with Crippen LogP contribution in [0, 0.1) is 11.3 Å². The normalized spacial score (nSPS) is 14.5. The van der Waals surface area contributed by atoms with E-state index in [2.05, 4.69) is 33.2 Å². The third kappa shape index (κ3) is 8.99. The molecule has 9 nitrogen and oxygen atoms in total. The van der Waals surface area contributed by atoms with Crippen LogP contribution in [-0.2, 0) is 0 Å². The fourth-order valence-electron chi connectivity index (χ4n) is 4.15. The van der Waals surface area contributed by atoms with Crippen LogP contribution in [-0.4, -0.2) is 86.6 Å². The van der Waals surface area contributed by atoms with Crippen LogP contribution < -0.4 is 19.5 Å². The van der Waals surface area contributed by atoms with Crippen molar-refractivity contribution in [2.24, 2.45) is 0 Å². The number of halogens is 2. The Morgan fingerprint density at radius 1 is 1.05 bits per heavy atom. The Labute approximate surface area is 252 Å². The van der Waals surface area contributed by atoms with Crippen LogP contribution in [0.3, 0.4) is 0 Å². The number of benzene rings is 2. The van der Waals surface area contributed by atoms with Crippen molar-refractivity contribution in [2.45, 2.75) is 32.8 Å². The highest BCUT2D eigenvalue weighted by molar-refractivity contribution is 6.37. The predicted molar refractivity (Wildman–Crippen MR) is 165 cm³/mol. The molecule has 1 fully saturated rings. The lowest BCUT2D eigenvalue weighted by Gasteiger charge is -2.32. The van der Waals surface area contributed by atoms with Crippen molar-refractivity contribution in [3.05, 3.63) is 46.1 Å². The smallest absolute Gasteiger partial charge is 0.163 e. The summed E-state index contributed by atoms with van der Waals surface area (Å²) in [6.07, 6.45) is 3.18. The number of rotatable bonds is 10. The van der Waals surface area contributed by atoms with Crippen molar-refractivity contribution in [2.75, 3.05) is 65.9 Å². The van der Waals surface area contributed by atoms with Crippen molar-refractivity contribution in [3.8, 4) is 23.3 Å². The first-order chi connectivity index (χ1) is 19.7. The Balaban J connectivity index is 0.000000850. The number of aromatic nitrogens is 1. The molecule has 0 saturated carbocycles. The Kier molecular flexibility index (Phi) is 12.6. The lowest BCUT2D eigenvalue weighted by molar-refractivity contribution is 0.145. The number of fused-ring (bicyclic) bond motifs is 1. The fraction of sp³-hybridized carbons (Fsp3) is 0.467. The number of likely N-dealkylation sites (N-methyl/N-ethyl adjacent to an activating group) is 1. The van der Waals surface area contributed by atoms with Gasteiger partial charge in [-0.15, -0.1) is 0 Å². The molecule has 0 unspecified atom stereocenters. The van der Waals surface area contributed by atoms with Crippen LogP contribution >= 0.6 is 23.2 Å². The zero-order valence-electron chi connectivity index (χ0n) is 24.3. The molecule has 0 spiro atoms. The first-order valence-corrected chi connectivity index (χ1v) is 14.4. The molecule has 2 aromatic carbocycles. The highest BCUT2D eigenvalue weighted by atomic mass is 35.5. The standard InChI is InChI=1S/C26H29Cl2N5O3.C4H10O/c1-32-6-8-33(9-7-32)5-4-10-36-25-13-21-18(11-24(25)35-3)26(17(15-29)16-30-21)31-22-14-23(34-2)20(28)12-19(22)27;1-3-4(2)5/h11-14,16H,4-10H2,1-3H3,(H,30,31);4-5H,3H2,1-2H3/t;4-/m.0/s1. The molecule has 1 aliphatic heterocycles. The van der Waals surface area contributed by atoms with Gasteiger partial charge in [-0.3, -0.25) is 4.98 Å². The first-order valence-electron chi connectivity index (χ1n) is 13.6. The minimum atomic E-state index is -0.116. The van der Waals surface area contributed by atoms with Gasteiger partial charge in [-0.05, 0) is 38.9 Å². The fourth-order valence-corrected chi connectivity index (χ4v) is 4.66. The van der Waals surface area contributed by atoms with E-state index in [1.807, 2.05) is 19.1 Å². The Bertz CT molecular complexity index is 1340. The Hall–Kier alpha value is -3.00. The van der Waals surface area contributed by atoms with E-state index in [9.17, 15) is 5.26 Å². The van der Waals surface area contributed by atoms with Gasteiger partial charge in [0.05, 0.1) is 59.4 Å². The maximum absolute atomic E-state index is 9.75. The molecule has 41 heavy (non-hydrogen) atoms. The molecule has 1 aromatic heterocycles. The average Bonchev–Trinajstić information content (AvgIpc) is 2.97. The number of hydrogen-bond acceptors (Lipinski definition) is 9. The van der Waals surface area contributed by atoms with E-state index in [0.717, 1.165) is 45.6 Å². The van der Waals surface area contributed by atoms with Crippen LogP contribution in [0.4, 0.5) is 11.4 Å². The van der Waals surface area contributed by atoms with E-state index < -0.39 is 0 Å². The Morgan fingerprint density at radius 3 is 2.34 bits per heavy atom. The molecule has 0 aliphatic carbocycles. The van der Waals surface area contributed by atoms with E-state index in [-0.39, 0.29) is 6.10 Å². The number of anilines is 2. The van der Waals surface area contributed by atoms with Gasteiger partial charge in [0.15, 0.2) is 11.5 Å². The molecule has 1 atom stereocenters. The molecular formula is C30H39Cl2N5O4. The quantitative estimate of drug-likeness (QED) is 0.271. The van der Waals surface area contributed by atoms with Crippen LogP contribution in [0.5, 0.6) is 17.2 Å². The van der Waals surface area contributed by atoms with Gasteiger partial charge in [0.25, 0.3) is 0 Å². The van der Waals surface area contributed by atoms with Crippen LogP contribution in [0.2, 0.25) is 10.0 Å². The zero-order chi connectivity index (χ0) is 29.9. The van der Waals surface area contributed by atoms with Gasteiger partial charge >= 0.3 is 0 Å². The molecule has 0 radical (unpaired) electrons. The highest BCUT2D eigenvalue weighted by Crippen LogP contribution is 2.40. The lowest BCUT2D eigenvalue weighted by atomic mass is 10.1. The summed E-state index contributed by atoms with van der Waals surface area (Å²) >= 11 is 12.6. The molecule has 3 aromatic rings. The molecule has 2 heterocycles. The van der Waals surface area contributed by atoms with Gasteiger partial charge in [0.2, 0.25) is 0 Å². The van der Waals surface area contributed by atoms with E-state index >= 15 is 0 Å². The number of hydrogen-bond donors (Lipinski definition) is 2. The number of pyridine rings is 1. The van der Waals surface area contributed by atoms with Crippen molar-refractivity contribution >= 4 is 45.5 Å². The van der Waals surface area contributed by atoms with Crippen LogP contribution in [0.15, 0.2) is 30.5 Å². The molecule has 1 aliphatic rings. The van der Waals surface area contributed by atoms with Crippen LogP contribution in [0.1, 0.15) is 32.3 Å². The third-order valence-corrected chi connectivity index (χ3v) is 7.45. The van der Waals surface area contributed by atoms with Gasteiger partial charge < -0.3 is 34.4 Å². The summed E-state index contributed by atoms with van der Waals surface area (Å²) in [5.41, 5.74) is 2.11. The number of nitrogens with zero attached hydrogens (tertiary/aromatic N) is 4. The van der Waals surface area contributed by atoms with Gasteiger partial charge in [0, 0.05) is 56.4 Å². The second-order valence-electron chi connectivity index (χ2n) is 9.87. The zero-order valence-corrected chi connectivity index (χ0v) is 25.8. The summed E-state index contributed by atoms with van der Waals surface area (Å²) in [5, 5.41) is 22.8. The molecule has 4 rings (SSSR count). The van der Waals surface area contributed by atoms with Crippen molar-refractivity contribution in [1.82, 2.24) is 14.8 Å². The molecule has 1 saturated heterocycles. The topological polar surface area (TPSA) is 103 Å². The largest absolute Gasteiger partial charge is 0.495 e. The van der Waals surface area contributed by atoms with Gasteiger partial charge in [0.1, 0.15) is 11.8 Å². The van der Waals surface area contributed by atoms with E-state index in [1.54, 1.807) is 26.2 Å². The highest BCUT2D eigenvalue weighted by Gasteiger charge is 2.17. The van der Waals surface area contributed by atoms with Crippen LogP contribution in [0.25, 0.3) is 10.9 Å². The first kappa shape index (κ1) is 32.5. The molecule has 2 N–H and O–H groups in total. The number of nitrogens with one attached hydrogen (secondary N) is 1. The van der Waals surface area contributed by atoms with Gasteiger partial charge in [-0.1, -0.05) is 30.1 Å². The lowest BCUT2D eigenvalue weighted by Crippen LogP contribution is -2.44. The van der Waals surface area contributed by atoms with E-state index in [4.69, 9.17) is 42.5 Å². The number of methoxy groups -OCH3 is 2. The molecule has 0 bridgehead atoms. The monoisotopic (exact) mass is 603 g/mol. The summed E-state index contributed by atoms with van der Waals surface area (Å²) < 4.78 is 17.0. The third-order valence-electron chi connectivity index (χ3n) is 6.84.